The van der Waals surface area contributed by atoms with E-state index in [1.807, 2.05) is 32.0 Å². The summed E-state index contributed by atoms with van der Waals surface area (Å²) in [5, 5.41) is 3.00. The Hall–Kier alpha value is -1.06. The second-order valence-electron chi connectivity index (χ2n) is 5.42. The summed E-state index contributed by atoms with van der Waals surface area (Å²) in [5.74, 6) is -0.0316. The largest absolute Gasteiger partial charge is 0.324 e. The molecule has 0 unspecified atom stereocenters. The van der Waals surface area contributed by atoms with Gasteiger partial charge in [0.15, 0.2) is 0 Å². The first-order chi connectivity index (χ1) is 8.53. The van der Waals surface area contributed by atoms with Crippen molar-refractivity contribution in [1.29, 1.82) is 0 Å². The average molecular weight is 283 g/mol. The van der Waals surface area contributed by atoms with Gasteiger partial charge in [0.05, 0.1) is 5.54 Å². The van der Waals surface area contributed by atoms with Crippen LogP contribution < -0.4 is 11.1 Å². The topological polar surface area (TPSA) is 55.1 Å². The fourth-order valence-corrected chi connectivity index (χ4v) is 2.54. The van der Waals surface area contributed by atoms with Crippen molar-refractivity contribution in [2.24, 2.45) is 5.73 Å². The molecule has 0 heterocycles. The van der Waals surface area contributed by atoms with E-state index < -0.39 is 5.54 Å². The molecule has 4 heteroatoms. The van der Waals surface area contributed by atoms with Crippen LogP contribution in [0.25, 0.3) is 0 Å². The van der Waals surface area contributed by atoms with Crippen molar-refractivity contribution in [3.8, 4) is 0 Å². The van der Waals surface area contributed by atoms with Gasteiger partial charge >= 0.3 is 0 Å². The Morgan fingerprint density at radius 3 is 2.47 bits per heavy atom. The van der Waals surface area contributed by atoms with E-state index in [2.05, 4.69) is 5.32 Å². The lowest BCUT2D eigenvalue weighted by Gasteiger charge is -2.32. The fraction of sp³-hybridized carbons (Fsp3) is 0.533. The third kappa shape index (κ3) is 3.48. The molecule has 0 atom stereocenters. The van der Waals surface area contributed by atoms with E-state index in [1.165, 1.54) is 12.0 Å². The number of rotatable bonds is 2. The maximum Gasteiger partial charge on any atom is 0.244 e. The molecule has 0 saturated heterocycles. The zero-order valence-electron chi connectivity index (χ0n) is 11.7. The predicted octanol–water partition coefficient (Wildman–Crippen LogP) is 3.33. The third-order valence-corrected chi connectivity index (χ3v) is 4.05. The van der Waals surface area contributed by atoms with Gasteiger partial charge in [-0.3, -0.25) is 4.79 Å². The van der Waals surface area contributed by atoms with Gasteiger partial charge in [-0.2, -0.15) is 0 Å². The molecule has 1 aromatic rings. The monoisotopic (exact) mass is 282 g/mol. The Morgan fingerprint density at radius 2 is 1.84 bits per heavy atom. The first-order valence-corrected chi connectivity index (χ1v) is 6.69. The molecule has 0 bridgehead atoms. The number of amides is 1. The summed E-state index contributed by atoms with van der Waals surface area (Å²) in [6, 6.07) is 5.94. The number of hydrogen-bond donors (Lipinski definition) is 2. The van der Waals surface area contributed by atoms with Crippen LogP contribution in [0.1, 0.15) is 43.2 Å². The Bertz CT molecular complexity index is 453. The lowest BCUT2D eigenvalue weighted by molar-refractivity contribution is -0.122. The molecule has 1 aromatic carbocycles. The molecular formula is C15H23ClN2O. The second-order valence-corrected chi connectivity index (χ2v) is 5.42. The van der Waals surface area contributed by atoms with Crippen LogP contribution in [-0.4, -0.2) is 11.4 Å². The standard InChI is InChI=1S/C15H22N2O.ClH/c1-11-7-6-8-13(12(11)2)17-14(18)15(16)9-4-3-5-10-15;/h6-8H,3-5,9-10,16H2,1-2H3,(H,17,18);1H. The van der Waals surface area contributed by atoms with E-state index in [4.69, 9.17) is 5.73 Å². The van der Waals surface area contributed by atoms with Crippen molar-refractivity contribution in [1.82, 2.24) is 0 Å². The molecule has 0 aliphatic heterocycles. The highest BCUT2D eigenvalue weighted by Crippen LogP contribution is 2.28. The highest BCUT2D eigenvalue weighted by Gasteiger charge is 2.35. The summed E-state index contributed by atoms with van der Waals surface area (Å²) in [6.45, 7) is 4.07. The molecule has 19 heavy (non-hydrogen) atoms. The summed E-state index contributed by atoms with van der Waals surface area (Å²) < 4.78 is 0. The number of carbonyl (C=O) groups is 1. The SMILES string of the molecule is Cc1cccc(NC(=O)C2(N)CCCCC2)c1C.Cl. The molecular weight excluding hydrogens is 260 g/mol. The van der Waals surface area contributed by atoms with Gasteiger partial charge in [0.25, 0.3) is 0 Å². The fourth-order valence-electron chi connectivity index (χ4n) is 2.54. The molecule has 1 aliphatic rings. The van der Waals surface area contributed by atoms with Crippen LogP contribution in [0.5, 0.6) is 0 Å². The van der Waals surface area contributed by atoms with E-state index in [0.29, 0.717) is 0 Å². The Labute approximate surface area is 121 Å². The van der Waals surface area contributed by atoms with E-state index in [1.54, 1.807) is 0 Å². The van der Waals surface area contributed by atoms with E-state index in [-0.39, 0.29) is 18.3 Å². The highest BCUT2D eigenvalue weighted by molar-refractivity contribution is 5.98. The lowest BCUT2D eigenvalue weighted by atomic mass is 9.82. The number of nitrogens with one attached hydrogen (secondary N) is 1. The van der Waals surface area contributed by atoms with E-state index in [9.17, 15) is 4.79 Å². The minimum absolute atomic E-state index is 0. The third-order valence-electron chi connectivity index (χ3n) is 4.05. The molecule has 106 valence electrons. The van der Waals surface area contributed by atoms with Gasteiger partial charge in [0, 0.05) is 5.69 Å². The van der Waals surface area contributed by atoms with Crippen molar-refractivity contribution in [3.63, 3.8) is 0 Å². The molecule has 0 aromatic heterocycles. The average Bonchev–Trinajstić information content (AvgIpc) is 2.36. The van der Waals surface area contributed by atoms with Crippen LogP contribution in [-0.2, 0) is 4.79 Å². The molecule has 3 N–H and O–H groups in total. The Kier molecular flexibility index (Phi) is 5.39. The predicted molar refractivity (Wildman–Crippen MR) is 81.8 cm³/mol. The van der Waals surface area contributed by atoms with Crippen LogP contribution in [0.4, 0.5) is 5.69 Å². The highest BCUT2D eigenvalue weighted by atomic mass is 35.5. The molecule has 1 saturated carbocycles. The number of anilines is 1. The minimum Gasteiger partial charge on any atom is -0.324 e. The van der Waals surface area contributed by atoms with Gasteiger partial charge < -0.3 is 11.1 Å². The van der Waals surface area contributed by atoms with Crippen molar-refractivity contribution in [2.75, 3.05) is 5.32 Å². The Balaban J connectivity index is 0.00000180. The Morgan fingerprint density at radius 1 is 1.21 bits per heavy atom. The summed E-state index contributed by atoms with van der Waals surface area (Å²) in [6.07, 6.45) is 4.89. The van der Waals surface area contributed by atoms with Crippen molar-refractivity contribution in [2.45, 2.75) is 51.5 Å². The number of aryl methyl sites for hydroxylation is 1. The van der Waals surface area contributed by atoms with Gasteiger partial charge in [0.2, 0.25) is 5.91 Å². The van der Waals surface area contributed by atoms with Gasteiger partial charge in [-0.1, -0.05) is 31.4 Å². The molecule has 0 radical (unpaired) electrons. The number of halogens is 1. The van der Waals surface area contributed by atoms with Crippen LogP contribution in [0, 0.1) is 13.8 Å². The maximum absolute atomic E-state index is 12.3. The first-order valence-electron chi connectivity index (χ1n) is 6.69. The summed E-state index contributed by atoms with van der Waals surface area (Å²) in [7, 11) is 0. The van der Waals surface area contributed by atoms with Crippen LogP contribution in [0.15, 0.2) is 18.2 Å². The smallest absolute Gasteiger partial charge is 0.244 e. The lowest BCUT2D eigenvalue weighted by Crippen LogP contribution is -2.52. The van der Waals surface area contributed by atoms with Crippen molar-refractivity contribution in [3.05, 3.63) is 29.3 Å². The minimum atomic E-state index is -0.672. The quantitative estimate of drug-likeness (QED) is 0.874. The van der Waals surface area contributed by atoms with E-state index >= 15 is 0 Å². The second kappa shape index (κ2) is 6.40. The molecule has 3 nitrogen and oxygen atoms in total. The molecule has 1 amide bonds. The van der Waals surface area contributed by atoms with Gasteiger partial charge in [0.1, 0.15) is 0 Å². The first kappa shape index (κ1) is 16.0. The zero-order valence-corrected chi connectivity index (χ0v) is 12.5. The van der Waals surface area contributed by atoms with Crippen LogP contribution in [0.2, 0.25) is 0 Å². The van der Waals surface area contributed by atoms with Crippen LogP contribution in [0.3, 0.4) is 0 Å². The zero-order chi connectivity index (χ0) is 13.2. The van der Waals surface area contributed by atoms with Crippen LogP contribution >= 0.6 is 12.4 Å². The number of benzene rings is 1. The maximum atomic E-state index is 12.3. The van der Waals surface area contributed by atoms with E-state index in [0.717, 1.165) is 36.9 Å². The number of hydrogen-bond acceptors (Lipinski definition) is 2. The van der Waals surface area contributed by atoms with Gasteiger partial charge in [-0.25, -0.2) is 0 Å². The molecule has 2 rings (SSSR count). The van der Waals surface area contributed by atoms with Crippen molar-refractivity contribution >= 4 is 24.0 Å². The molecule has 1 aliphatic carbocycles. The molecule has 1 fully saturated rings. The molecule has 0 spiro atoms. The van der Waals surface area contributed by atoms with Gasteiger partial charge in [-0.05, 0) is 43.9 Å². The summed E-state index contributed by atoms with van der Waals surface area (Å²) in [5.41, 5.74) is 8.74. The number of nitrogens with two attached hydrogens (primary N) is 1. The van der Waals surface area contributed by atoms with Crippen molar-refractivity contribution < 1.29 is 4.79 Å². The van der Waals surface area contributed by atoms with Gasteiger partial charge in [-0.15, -0.1) is 12.4 Å². The normalized spacial score (nSPS) is 17.4. The summed E-state index contributed by atoms with van der Waals surface area (Å²) >= 11 is 0. The summed E-state index contributed by atoms with van der Waals surface area (Å²) in [4.78, 5) is 12.3. The number of carbonyl (C=O) groups excluding carboxylic acids is 1.